The van der Waals surface area contributed by atoms with Gasteiger partial charge in [0.25, 0.3) is 0 Å². The second-order valence-corrected chi connectivity index (χ2v) is 6.67. The van der Waals surface area contributed by atoms with Gasteiger partial charge >= 0.3 is 5.56 Å². The zero-order chi connectivity index (χ0) is 20.8. The Morgan fingerprint density at radius 1 is 1.43 bits per heavy atom. The topological polar surface area (TPSA) is 56.1 Å². The summed E-state index contributed by atoms with van der Waals surface area (Å²) in [5.74, 6) is -0.0679. The van der Waals surface area contributed by atoms with Gasteiger partial charge in [0.15, 0.2) is 0 Å². The Morgan fingerprint density at radius 3 is 2.71 bits per heavy atom. The third-order valence-corrected chi connectivity index (χ3v) is 4.43. The molecule has 28 heavy (non-hydrogen) atoms. The van der Waals surface area contributed by atoms with Gasteiger partial charge in [0, 0.05) is 5.70 Å². The Morgan fingerprint density at radius 2 is 2.14 bits per heavy atom. The maximum atomic E-state index is 13.5. The van der Waals surface area contributed by atoms with Crippen LogP contribution in [0.3, 0.4) is 0 Å². The number of rotatable bonds is 7. The molecule has 1 N–H and O–H groups in total. The number of benzene rings is 1. The molecule has 0 spiro atoms. The van der Waals surface area contributed by atoms with Crippen molar-refractivity contribution in [3.63, 3.8) is 0 Å². The molecule has 0 aliphatic heterocycles. The van der Waals surface area contributed by atoms with Crippen LogP contribution in [-0.4, -0.2) is 16.7 Å². The van der Waals surface area contributed by atoms with Crippen LogP contribution in [0.2, 0.25) is 5.02 Å². The van der Waals surface area contributed by atoms with E-state index in [-0.39, 0.29) is 10.8 Å². The molecule has 0 radical (unpaired) electrons. The van der Waals surface area contributed by atoms with E-state index >= 15 is 0 Å². The van der Waals surface area contributed by atoms with E-state index in [1.165, 1.54) is 19.2 Å². The average molecular weight is 404 g/mol. The molecule has 1 heterocycles. The van der Waals surface area contributed by atoms with Crippen LogP contribution in [-0.2, 0) is 6.54 Å². The molecule has 0 aliphatic carbocycles. The zero-order valence-corrected chi connectivity index (χ0v) is 17.1. The fourth-order valence-electron chi connectivity index (χ4n) is 2.45. The molecular weight excluding hydrogens is 381 g/mol. The second kappa shape index (κ2) is 9.37. The number of hydrogen-bond acceptors (Lipinski definition) is 4. The predicted molar refractivity (Wildman–Crippen MR) is 112 cm³/mol. The lowest BCUT2D eigenvalue weighted by Gasteiger charge is -2.17. The minimum atomic E-state index is -0.494. The smallest absolute Gasteiger partial charge is 0.316 e. The van der Waals surface area contributed by atoms with Crippen LogP contribution in [0.4, 0.5) is 10.3 Å². The summed E-state index contributed by atoms with van der Waals surface area (Å²) in [5.41, 5.74) is 2.83. The maximum Gasteiger partial charge on any atom is 0.316 e. The lowest BCUT2D eigenvalue weighted by molar-refractivity contribution is 0.402. The fraction of sp³-hybridized carbons (Fsp3) is 0.238. The first-order valence-electron chi connectivity index (χ1n) is 8.62. The first kappa shape index (κ1) is 21.4. The Bertz CT molecular complexity index is 1010. The van der Waals surface area contributed by atoms with Crippen molar-refractivity contribution in [2.75, 3.05) is 12.4 Å². The molecule has 0 fully saturated rings. The van der Waals surface area contributed by atoms with Crippen molar-refractivity contribution in [2.45, 2.75) is 27.3 Å². The predicted octanol–water partition coefficient (Wildman–Crippen LogP) is 4.93. The van der Waals surface area contributed by atoms with Crippen LogP contribution in [0.5, 0.6) is 5.75 Å². The van der Waals surface area contributed by atoms with Gasteiger partial charge < -0.3 is 14.6 Å². The average Bonchev–Trinajstić information content (AvgIpc) is 2.65. The van der Waals surface area contributed by atoms with E-state index in [0.29, 0.717) is 12.5 Å². The van der Waals surface area contributed by atoms with Crippen LogP contribution >= 0.6 is 11.6 Å². The van der Waals surface area contributed by atoms with Gasteiger partial charge in [-0.1, -0.05) is 35.9 Å². The van der Waals surface area contributed by atoms with Gasteiger partial charge in [0.1, 0.15) is 5.82 Å². The Hall–Kier alpha value is -2.86. The van der Waals surface area contributed by atoms with E-state index < -0.39 is 11.4 Å². The number of ether oxygens (including phenoxy) is 1. The van der Waals surface area contributed by atoms with E-state index in [2.05, 4.69) is 16.9 Å². The minimum absolute atomic E-state index is 0.0283. The monoisotopic (exact) mass is 403 g/mol. The van der Waals surface area contributed by atoms with Crippen molar-refractivity contribution in [3.05, 3.63) is 86.7 Å². The summed E-state index contributed by atoms with van der Waals surface area (Å²) in [6, 6.07) is 4.46. The van der Waals surface area contributed by atoms with Crippen molar-refractivity contribution >= 4 is 17.5 Å². The van der Waals surface area contributed by atoms with Crippen molar-refractivity contribution in [1.29, 1.82) is 0 Å². The molecule has 2 rings (SSSR count). The summed E-state index contributed by atoms with van der Waals surface area (Å²) in [6.45, 7) is 9.99. The van der Waals surface area contributed by atoms with Crippen LogP contribution < -0.4 is 15.6 Å². The minimum Gasteiger partial charge on any atom is -0.490 e. The highest BCUT2D eigenvalue weighted by Crippen LogP contribution is 2.20. The molecule has 0 unspecified atom stereocenters. The number of hydrogen-bond donors (Lipinski definition) is 1. The second-order valence-electron chi connectivity index (χ2n) is 6.26. The van der Waals surface area contributed by atoms with Crippen LogP contribution in [0.25, 0.3) is 0 Å². The molecular formula is C21H23ClFN3O2. The van der Waals surface area contributed by atoms with Crippen molar-refractivity contribution in [1.82, 2.24) is 9.55 Å². The summed E-state index contributed by atoms with van der Waals surface area (Å²) in [5, 5.41) is 3.22. The van der Waals surface area contributed by atoms with Gasteiger partial charge in [-0.2, -0.15) is 4.98 Å². The van der Waals surface area contributed by atoms with Crippen LogP contribution in [0.1, 0.15) is 26.3 Å². The van der Waals surface area contributed by atoms with E-state index in [1.54, 1.807) is 16.8 Å². The lowest BCUT2D eigenvalue weighted by atomic mass is 10.1. The van der Waals surface area contributed by atoms with Gasteiger partial charge in [-0.15, -0.1) is 0 Å². The van der Waals surface area contributed by atoms with E-state index in [1.807, 2.05) is 32.9 Å². The lowest BCUT2D eigenvalue weighted by Crippen LogP contribution is -2.20. The largest absolute Gasteiger partial charge is 0.490 e. The number of allylic oxidation sites excluding steroid dienone is 4. The summed E-state index contributed by atoms with van der Waals surface area (Å²) >= 11 is 5.89. The Kier molecular flexibility index (Phi) is 7.18. The van der Waals surface area contributed by atoms with Gasteiger partial charge in [-0.05, 0) is 50.1 Å². The normalized spacial score (nSPS) is 12.1. The number of halogens is 2. The molecule has 0 saturated heterocycles. The molecule has 0 saturated carbocycles. The molecule has 2 aromatic rings. The summed E-state index contributed by atoms with van der Waals surface area (Å²) in [7, 11) is 1.40. The standard InChI is InChI=1S/C21H23ClFN3O2/c1-6-7-18(14(4)13(2)3)24-21-25-20(27)19(28-5)12-26(21)11-15-8-9-17(23)16(22)10-15/h6-10,12H,2,11H2,1,3-5H3,(H,24,25,27)/b7-6?,18-14+. The molecule has 1 aromatic heterocycles. The Labute approximate surface area is 168 Å². The Balaban J connectivity index is 2.55. The number of anilines is 1. The van der Waals surface area contributed by atoms with E-state index in [9.17, 15) is 9.18 Å². The SMILES string of the molecule is C=C(C)/C(C)=C(\C=CC)Nc1nc(=O)c(OC)cn1Cc1ccc(F)c(Cl)c1. The fourth-order valence-corrected chi connectivity index (χ4v) is 2.65. The van der Waals surface area contributed by atoms with Crippen molar-refractivity contribution in [2.24, 2.45) is 0 Å². The zero-order valence-electron chi connectivity index (χ0n) is 16.3. The van der Waals surface area contributed by atoms with E-state index in [0.717, 1.165) is 22.4 Å². The van der Waals surface area contributed by atoms with Crippen LogP contribution in [0, 0.1) is 5.82 Å². The number of methoxy groups -OCH3 is 1. The molecule has 0 bridgehead atoms. The molecule has 0 amide bonds. The van der Waals surface area contributed by atoms with Gasteiger partial charge in [-0.3, -0.25) is 4.79 Å². The molecule has 148 valence electrons. The van der Waals surface area contributed by atoms with Crippen molar-refractivity contribution in [3.8, 4) is 5.75 Å². The van der Waals surface area contributed by atoms with Crippen LogP contribution in [0.15, 0.2) is 64.8 Å². The summed E-state index contributed by atoms with van der Waals surface area (Å²) in [4.78, 5) is 16.3. The number of nitrogens with zero attached hydrogens (tertiary/aromatic N) is 2. The number of aromatic nitrogens is 2. The van der Waals surface area contributed by atoms with Gasteiger partial charge in [0.2, 0.25) is 11.7 Å². The van der Waals surface area contributed by atoms with Gasteiger partial charge in [-0.25, -0.2) is 4.39 Å². The number of nitrogens with one attached hydrogen (secondary N) is 1. The summed E-state index contributed by atoms with van der Waals surface area (Å²) in [6.07, 6.45) is 5.30. The molecule has 0 aliphatic rings. The van der Waals surface area contributed by atoms with Crippen molar-refractivity contribution < 1.29 is 9.13 Å². The summed E-state index contributed by atoms with van der Waals surface area (Å²) < 4.78 is 20.3. The van der Waals surface area contributed by atoms with Gasteiger partial charge in [0.05, 0.1) is 24.9 Å². The highest BCUT2D eigenvalue weighted by Gasteiger charge is 2.12. The molecule has 0 atom stereocenters. The quantitative estimate of drug-likeness (QED) is 0.666. The first-order valence-corrected chi connectivity index (χ1v) is 9.00. The molecule has 1 aromatic carbocycles. The van der Waals surface area contributed by atoms with E-state index in [4.69, 9.17) is 16.3 Å². The maximum absolute atomic E-state index is 13.5. The molecule has 7 heteroatoms. The third-order valence-electron chi connectivity index (χ3n) is 4.14. The third kappa shape index (κ3) is 5.10. The first-order chi connectivity index (χ1) is 13.3. The highest BCUT2D eigenvalue weighted by molar-refractivity contribution is 6.30. The molecule has 5 nitrogen and oxygen atoms in total. The highest BCUT2D eigenvalue weighted by atomic mass is 35.5.